The van der Waals surface area contributed by atoms with E-state index >= 15 is 0 Å². The third-order valence-electron chi connectivity index (χ3n) is 4.17. The molecule has 1 fully saturated rings. The molecule has 1 unspecified atom stereocenters. The van der Waals surface area contributed by atoms with Crippen LogP contribution in [0.15, 0.2) is 18.2 Å². The van der Waals surface area contributed by atoms with Crippen LogP contribution in [0.25, 0.3) is 0 Å². The van der Waals surface area contributed by atoms with E-state index in [1.165, 1.54) is 16.7 Å². The van der Waals surface area contributed by atoms with Gasteiger partial charge in [-0.2, -0.15) is 0 Å². The van der Waals surface area contributed by atoms with Gasteiger partial charge in [-0.05, 0) is 30.2 Å². The van der Waals surface area contributed by atoms with E-state index in [1.54, 1.807) is 0 Å². The van der Waals surface area contributed by atoms with Crippen molar-refractivity contribution in [3.8, 4) is 0 Å². The molecule has 4 nitrogen and oxygen atoms in total. The Labute approximate surface area is 114 Å². The number of fused-ring (bicyclic) bond motifs is 1. The van der Waals surface area contributed by atoms with E-state index in [4.69, 9.17) is 0 Å². The quantitative estimate of drug-likeness (QED) is 0.894. The normalized spacial score (nSPS) is 24.8. The number of nitrogens with one attached hydrogen (secondary N) is 1. The lowest BCUT2D eigenvalue weighted by Gasteiger charge is -2.23. The zero-order chi connectivity index (χ0) is 13.5. The maximum absolute atomic E-state index is 11.5. The van der Waals surface area contributed by atoms with Crippen LogP contribution < -0.4 is 5.32 Å². The molecule has 19 heavy (non-hydrogen) atoms. The van der Waals surface area contributed by atoms with Crippen molar-refractivity contribution in [3.63, 3.8) is 0 Å². The topological polar surface area (TPSA) is 49.4 Å². The predicted molar refractivity (Wildman–Crippen MR) is 75.5 cm³/mol. The van der Waals surface area contributed by atoms with Crippen LogP contribution in [0.3, 0.4) is 0 Å². The summed E-state index contributed by atoms with van der Waals surface area (Å²) in [4.78, 5) is 2.18. The van der Waals surface area contributed by atoms with Gasteiger partial charge in [0.05, 0.1) is 11.5 Å². The number of sulfone groups is 1. The van der Waals surface area contributed by atoms with Crippen molar-refractivity contribution in [3.05, 3.63) is 34.9 Å². The number of benzene rings is 1. The number of hydrogen-bond acceptors (Lipinski definition) is 4. The van der Waals surface area contributed by atoms with Crippen LogP contribution >= 0.6 is 0 Å². The van der Waals surface area contributed by atoms with Gasteiger partial charge in [-0.3, -0.25) is 4.90 Å². The molecule has 104 valence electrons. The summed E-state index contributed by atoms with van der Waals surface area (Å²) in [5.41, 5.74) is 4.04. The second-order valence-corrected chi connectivity index (χ2v) is 7.91. The molecule has 1 atom stereocenters. The van der Waals surface area contributed by atoms with E-state index in [0.29, 0.717) is 11.5 Å². The second kappa shape index (κ2) is 4.89. The minimum atomic E-state index is -2.79. The number of rotatable bonds is 3. The van der Waals surface area contributed by atoms with Gasteiger partial charge in [0.15, 0.2) is 9.84 Å². The molecule has 1 aromatic carbocycles. The molecule has 5 heteroatoms. The van der Waals surface area contributed by atoms with Gasteiger partial charge in [-0.1, -0.05) is 18.2 Å². The molecule has 1 saturated heterocycles. The minimum absolute atomic E-state index is 0.177. The Hall–Kier alpha value is -0.910. The maximum atomic E-state index is 11.5. The Balaban J connectivity index is 1.68. The molecular formula is C14H20N2O2S. The van der Waals surface area contributed by atoms with E-state index in [9.17, 15) is 8.42 Å². The Bertz CT molecular complexity index is 583. The van der Waals surface area contributed by atoms with Crippen LogP contribution in [0, 0.1) is 0 Å². The van der Waals surface area contributed by atoms with E-state index in [2.05, 4.69) is 28.4 Å². The number of hydrogen-bond donors (Lipinski definition) is 1. The van der Waals surface area contributed by atoms with Crippen molar-refractivity contribution in [2.45, 2.75) is 32.1 Å². The van der Waals surface area contributed by atoms with E-state index in [-0.39, 0.29) is 6.04 Å². The second-order valence-electron chi connectivity index (χ2n) is 5.68. The third-order valence-corrected chi connectivity index (χ3v) is 5.92. The summed E-state index contributed by atoms with van der Waals surface area (Å²) in [6.07, 6.45) is 0.769. The average molecular weight is 280 g/mol. The van der Waals surface area contributed by atoms with Gasteiger partial charge in [0, 0.05) is 25.7 Å². The van der Waals surface area contributed by atoms with Gasteiger partial charge in [0.2, 0.25) is 0 Å². The highest BCUT2D eigenvalue weighted by molar-refractivity contribution is 7.91. The van der Waals surface area contributed by atoms with Crippen molar-refractivity contribution < 1.29 is 8.42 Å². The fourth-order valence-electron chi connectivity index (χ4n) is 2.99. The lowest BCUT2D eigenvalue weighted by molar-refractivity contribution is 0.254. The van der Waals surface area contributed by atoms with Gasteiger partial charge >= 0.3 is 0 Å². The Morgan fingerprint density at radius 3 is 2.84 bits per heavy atom. The van der Waals surface area contributed by atoms with Crippen molar-refractivity contribution >= 4 is 9.84 Å². The molecule has 2 heterocycles. The first kappa shape index (κ1) is 13.1. The SMILES string of the molecule is CN(Cc1ccc2c(c1)CNC2)C1CCS(=O)(=O)C1. The zero-order valence-electron chi connectivity index (χ0n) is 11.2. The fraction of sp³-hybridized carbons (Fsp3) is 0.571. The first-order chi connectivity index (χ1) is 9.03. The van der Waals surface area contributed by atoms with Crippen molar-refractivity contribution in [2.24, 2.45) is 0 Å². The van der Waals surface area contributed by atoms with Gasteiger partial charge in [0.25, 0.3) is 0 Å². The molecule has 2 aliphatic heterocycles. The first-order valence-electron chi connectivity index (χ1n) is 6.75. The zero-order valence-corrected chi connectivity index (χ0v) is 12.0. The van der Waals surface area contributed by atoms with E-state index in [1.807, 2.05) is 7.05 Å². The van der Waals surface area contributed by atoms with Crippen LogP contribution in [0.5, 0.6) is 0 Å². The first-order valence-corrected chi connectivity index (χ1v) is 8.58. The van der Waals surface area contributed by atoms with Gasteiger partial charge in [-0.25, -0.2) is 8.42 Å². The standard InChI is InChI=1S/C14H20N2O2S/c1-16(14-4-5-19(17,18)10-14)9-11-2-3-12-7-15-8-13(12)6-11/h2-3,6,14-15H,4-5,7-10H2,1H3. The van der Waals surface area contributed by atoms with Crippen LogP contribution in [-0.2, 0) is 29.5 Å². The fourth-order valence-corrected chi connectivity index (χ4v) is 4.79. The Morgan fingerprint density at radius 1 is 1.32 bits per heavy atom. The minimum Gasteiger partial charge on any atom is -0.309 e. The highest BCUT2D eigenvalue weighted by atomic mass is 32.2. The maximum Gasteiger partial charge on any atom is 0.151 e. The Kier molecular flexibility index (Phi) is 3.37. The smallest absolute Gasteiger partial charge is 0.151 e. The summed E-state index contributed by atoms with van der Waals surface area (Å²) in [5.74, 6) is 0.659. The largest absolute Gasteiger partial charge is 0.309 e. The molecule has 0 aromatic heterocycles. The lowest BCUT2D eigenvalue weighted by Crippen LogP contribution is -2.32. The van der Waals surface area contributed by atoms with Crippen LogP contribution in [0.4, 0.5) is 0 Å². The molecule has 0 radical (unpaired) electrons. The summed E-state index contributed by atoms with van der Waals surface area (Å²) in [7, 11) is -0.769. The summed E-state index contributed by atoms with van der Waals surface area (Å²) in [5, 5.41) is 3.34. The highest BCUT2D eigenvalue weighted by Gasteiger charge is 2.30. The Morgan fingerprint density at radius 2 is 2.11 bits per heavy atom. The summed E-state index contributed by atoms with van der Waals surface area (Å²) >= 11 is 0. The molecule has 0 aliphatic carbocycles. The van der Waals surface area contributed by atoms with Crippen molar-refractivity contribution in [1.82, 2.24) is 10.2 Å². The molecular weight excluding hydrogens is 260 g/mol. The molecule has 3 rings (SSSR count). The molecule has 0 bridgehead atoms. The van der Waals surface area contributed by atoms with Crippen LogP contribution in [0.2, 0.25) is 0 Å². The van der Waals surface area contributed by atoms with E-state index < -0.39 is 9.84 Å². The molecule has 0 saturated carbocycles. The predicted octanol–water partition coefficient (Wildman–Crippen LogP) is 0.909. The van der Waals surface area contributed by atoms with Gasteiger partial charge in [0.1, 0.15) is 0 Å². The lowest BCUT2D eigenvalue weighted by atomic mass is 10.1. The summed E-state index contributed by atoms with van der Waals surface area (Å²) < 4.78 is 23.0. The molecule has 1 aromatic rings. The van der Waals surface area contributed by atoms with Crippen molar-refractivity contribution in [2.75, 3.05) is 18.6 Å². The average Bonchev–Trinajstić information content (AvgIpc) is 2.94. The third kappa shape index (κ3) is 2.83. The molecule has 2 aliphatic rings. The van der Waals surface area contributed by atoms with E-state index in [0.717, 1.165) is 26.1 Å². The molecule has 0 spiro atoms. The summed E-state index contributed by atoms with van der Waals surface area (Å²) in [6, 6.07) is 6.77. The monoisotopic (exact) mass is 280 g/mol. The summed E-state index contributed by atoms with van der Waals surface area (Å²) in [6.45, 7) is 2.74. The highest BCUT2D eigenvalue weighted by Crippen LogP contribution is 2.21. The van der Waals surface area contributed by atoms with Gasteiger partial charge < -0.3 is 5.32 Å². The number of nitrogens with zero attached hydrogens (tertiary/aromatic N) is 1. The van der Waals surface area contributed by atoms with Crippen LogP contribution in [0.1, 0.15) is 23.1 Å². The molecule has 1 N–H and O–H groups in total. The molecule has 0 amide bonds. The van der Waals surface area contributed by atoms with Gasteiger partial charge in [-0.15, -0.1) is 0 Å². The van der Waals surface area contributed by atoms with Crippen LogP contribution in [-0.4, -0.2) is 37.9 Å². The van der Waals surface area contributed by atoms with Crippen molar-refractivity contribution in [1.29, 1.82) is 0 Å².